The van der Waals surface area contributed by atoms with Gasteiger partial charge in [0.1, 0.15) is 4.83 Å². The fourth-order valence-corrected chi connectivity index (χ4v) is 4.37. The van der Waals surface area contributed by atoms with Gasteiger partial charge in [0.05, 0.1) is 17.1 Å². The van der Waals surface area contributed by atoms with Gasteiger partial charge in [-0.25, -0.2) is 5.01 Å². The summed E-state index contributed by atoms with van der Waals surface area (Å²) in [5, 5.41) is 7.75. The molecule has 1 aromatic carbocycles. The Bertz CT molecular complexity index is 951. The van der Waals surface area contributed by atoms with Gasteiger partial charge in [0, 0.05) is 31.6 Å². The predicted octanol–water partition coefficient (Wildman–Crippen LogP) is 2.66. The van der Waals surface area contributed by atoms with Crippen LogP contribution in [0.25, 0.3) is 10.2 Å². The van der Waals surface area contributed by atoms with Crippen molar-refractivity contribution in [2.24, 2.45) is 0 Å². The molecule has 142 valence electrons. The van der Waals surface area contributed by atoms with E-state index in [4.69, 9.17) is 0 Å². The van der Waals surface area contributed by atoms with Crippen molar-refractivity contribution in [1.29, 1.82) is 0 Å². The average molecular weight is 384 g/mol. The van der Waals surface area contributed by atoms with Gasteiger partial charge in [0.2, 0.25) is 0 Å². The summed E-state index contributed by atoms with van der Waals surface area (Å²) in [6, 6.07) is 10.5. The van der Waals surface area contributed by atoms with Crippen molar-refractivity contribution in [2.75, 3.05) is 33.2 Å². The Morgan fingerprint density at radius 3 is 2.56 bits per heavy atom. The first kappa shape index (κ1) is 18.2. The van der Waals surface area contributed by atoms with Crippen molar-refractivity contribution in [2.45, 2.75) is 20.4 Å². The number of fused-ring (bicyclic) bond motifs is 1. The summed E-state index contributed by atoms with van der Waals surface area (Å²) in [5.41, 5.74) is 6.47. The van der Waals surface area contributed by atoms with E-state index < -0.39 is 0 Å². The summed E-state index contributed by atoms with van der Waals surface area (Å²) < 4.78 is 2.01. The van der Waals surface area contributed by atoms with Crippen LogP contribution in [0.3, 0.4) is 0 Å². The lowest BCUT2D eigenvalue weighted by molar-refractivity contribution is 0.0666. The molecular formula is C20H25N5OS. The van der Waals surface area contributed by atoms with Gasteiger partial charge in [0.15, 0.2) is 0 Å². The number of carbonyl (C=O) groups is 1. The minimum Gasteiger partial charge on any atom is -0.304 e. The molecule has 1 saturated heterocycles. The largest absolute Gasteiger partial charge is 0.304 e. The third kappa shape index (κ3) is 3.90. The zero-order valence-corrected chi connectivity index (χ0v) is 16.8. The second kappa shape index (κ2) is 7.42. The van der Waals surface area contributed by atoms with Crippen LogP contribution >= 0.6 is 11.3 Å². The molecule has 1 aliphatic heterocycles. The molecule has 27 heavy (non-hydrogen) atoms. The second-order valence-electron chi connectivity index (χ2n) is 7.29. The fraction of sp³-hybridized carbons (Fsp3) is 0.400. The summed E-state index contributed by atoms with van der Waals surface area (Å²) in [5.74, 6) is -0.0259. The summed E-state index contributed by atoms with van der Waals surface area (Å²) in [7, 11) is 2.10. The van der Waals surface area contributed by atoms with Crippen molar-refractivity contribution in [1.82, 2.24) is 25.1 Å². The van der Waals surface area contributed by atoms with Crippen LogP contribution in [-0.2, 0) is 6.54 Å². The van der Waals surface area contributed by atoms with Crippen LogP contribution in [-0.4, -0.2) is 58.8 Å². The zero-order valence-electron chi connectivity index (χ0n) is 16.0. The topological polar surface area (TPSA) is 53.4 Å². The molecule has 6 nitrogen and oxygen atoms in total. The smallest absolute Gasteiger partial charge is 0.275 e. The third-order valence-electron chi connectivity index (χ3n) is 5.05. The number of amides is 1. The summed E-state index contributed by atoms with van der Waals surface area (Å²) in [6.07, 6.45) is 0. The Kier molecular flexibility index (Phi) is 4.99. The van der Waals surface area contributed by atoms with Gasteiger partial charge in [-0.3, -0.25) is 14.9 Å². The minimum atomic E-state index is -0.0259. The Morgan fingerprint density at radius 2 is 1.85 bits per heavy atom. The van der Waals surface area contributed by atoms with E-state index in [2.05, 4.69) is 53.7 Å². The maximum absolute atomic E-state index is 12.7. The highest BCUT2D eigenvalue weighted by atomic mass is 32.1. The van der Waals surface area contributed by atoms with Crippen LogP contribution in [0.2, 0.25) is 0 Å². The molecule has 1 fully saturated rings. The highest BCUT2D eigenvalue weighted by Crippen LogP contribution is 2.29. The van der Waals surface area contributed by atoms with Crippen LogP contribution < -0.4 is 5.43 Å². The molecule has 4 rings (SSSR count). The molecule has 1 amide bonds. The molecule has 0 unspecified atom stereocenters. The zero-order chi connectivity index (χ0) is 19.0. The van der Waals surface area contributed by atoms with Gasteiger partial charge in [0.25, 0.3) is 5.91 Å². The molecule has 0 atom stereocenters. The number of thiophene rings is 1. The lowest BCUT2D eigenvalue weighted by Crippen LogP contribution is -2.52. The predicted molar refractivity (Wildman–Crippen MR) is 109 cm³/mol. The summed E-state index contributed by atoms with van der Waals surface area (Å²) in [4.78, 5) is 16.8. The van der Waals surface area contributed by atoms with E-state index in [1.54, 1.807) is 0 Å². The number of hydrazine groups is 1. The van der Waals surface area contributed by atoms with Gasteiger partial charge in [-0.05, 0) is 32.5 Å². The van der Waals surface area contributed by atoms with Crippen LogP contribution in [0.1, 0.15) is 26.5 Å². The number of nitrogens with one attached hydrogen (secondary N) is 1. The SMILES string of the molecule is Cc1ccc(Cn2nc(C)c3cc(C(=O)NN4CCN(C)CC4)sc32)cc1. The molecule has 3 heterocycles. The van der Waals surface area contributed by atoms with Gasteiger partial charge < -0.3 is 4.90 Å². The van der Waals surface area contributed by atoms with Crippen LogP contribution in [0, 0.1) is 13.8 Å². The summed E-state index contributed by atoms with van der Waals surface area (Å²) >= 11 is 1.52. The average Bonchev–Trinajstić information content (AvgIpc) is 3.21. The van der Waals surface area contributed by atoms with E-state index >= 15 is 0 Å². The van der Waals surface area contributed by atoms with Gasteiger partial charge in [-0.2, -0.15) is 5.10 Å². The molecule has 7 heteroatoms. The number of likely N-dealkylation sites (N-methyl/N-ethyl adjacent to an activating group) is 1. The van der Waals surface area contributed by atoms with Crippen molar-refractivity contribution in [3.8, 4) is 0 Å². The van der Waals surface area contributed by atoms with Crippen LogP contribution in [0.4, 0.5) is 0 Å². The number of benzene rings is 1. The molecule has 0 radical (unpaired) electrons. The number of rotatable bonds is 4. The highest BCUT2D eigenvalue weighted by Gasteiger charge is 2.20. The number of piperazine rings is 1. The Hall–Kier alpha value is -2.22. The lowest BCUT2D eigenvalue weighted by atomic mass is 10.1. The van der Waals surface area contributed by atoms with Crippen LogP contribution in [0.15, 0.2) is 30.3 Å². The summed E-state index contributed by atoms with van der Waals surface area (Å²) in [6.45, 7) is 8.45. The van der Waals surface area contributed by atoms with Crippen molar-refractivity contribution in [3.05, 3.63) is 52.0 Å². The molecule has 0 saturated carbocycles. The molecule has 0 aliphatic carbocycles. The third-order valence-corrected chi connectivity index (χ3v) is 6.19. The molecule has 0 bridgehead atoms. The number of carbonyl (C=O) groups excluding carboxylic acids is 1. The molecule has 1 aliphatic rings. The first-order valence-corrected chi connectivity index (χ1v) is 10.1. The number of hydrogen-bond acceptors (Lipinski definition) is 5. The normalized spacial score (nSPS) is 16.1. The first-order valence-electron chi connectivity index (χ1n) is 9.26. The second-order valence-corrected chi connectivity index (χ2v) is 8.32. The number of aryl methyl sites for hydroxylation is 2. The Labute approximate surface area is 163 Å². The van der Waals surface area contributed by atoms with Crippen LogP contribution in [0.5, 0.6) is 0 Å². The minimum absolute atomic E-state index is 0.0259. The standard InChI is InChI=1S/C20H25N5OS/c1-14-4-6-16(7-5-14)13-25-20-17(15(2)21-25)12-18(27-20)19(26)22-24-10-8-23(3)9-11-24/h4-7,12H,8-11,13H2,1-3H3,(H,22,26). The Morgan fingerprint density at radius 1 is 1.15 bits per heavy atom. The Balaban J connectivity index is 1.53. The number of nitrogens with zero attached hydrogens (tertiary/aromatic N) is 4. The van der Waals surface area contributed by atoms with Gasteiger partial charge in [-0.1, -0.05) is 29.8 Å². The quantitative estimate of drug-likeness (QED) is 0.753. The van der Waals surface area contributed by atoms with Gasteiger partial charge >= 0.3 is 0 Å². The number of aromatic nitrogens is 2. The van der Waals surface area contributed by atoms with E-state index in [9.17, 15) is 4.79 Å². The van der Waals surface area contributed by atoms with E-state index in [-0.39, 0.29) is 5.91 Å². The van der Waals surface area contributed by atoms with E-state index in [0.29, 0.717) is 6.54 Å². The van der Waals surface area contributed by atoms with Gasteiger partial charge in [-0.15, -0.1) is 11.3 Å². The number of hydrogen-bond donors (Lipinski definition) is 1. The lowest BCUT2D eigenvalue weighted by Gasteiger charge is -2.32. The molecule has 2 aromatic heterocycles. The van der Waals surface area contributed by atoms with E-state index in [1.807, 2.05) is 22.7 Å². The van der Waals surface area contributed by atoms with E-state index in [0.717, 1.165) is 47.0 Å². The molecule has 1 N–H and O–H groups in total. The maximum Gasteiger partial charge on any atom is 0.275 e. The highest BCUT2D eigenvalue weighted by molar-refractivity contribution is 7.20. The van der Waals surface area contributed by atoms with Crippen molar-refractivity contribution in [3.63, 3.8) is 0 Å². The fourth-order valence-electron chi connectivity index (χ4n) is 3.32. The molecular weight excluding hydrogens is 358 g/mol. The van der Waals surface area contributed by atoms with Crippen molar-refractivity contribution >= 4 is 27.5 Å². The van der Waals surface area contributed by atoms with Crippen molar-refractivity contribution < 1.29 is 4.79 Å². The monoisotopic (exact) mass is 383 g/mol. The first-order chi connectivity index (χ1) is 13.0. The maximum atomic E-state index is 12.7. The molecule has 0 spiro atoms. The molecule has 3 aromatic rings. The van der Waals surface area contributed by atoms with E-state index in [1.165, 1.54) is 22.5 Å².